The molecule has 26 heavy (non-hydrogen) atoms. The molecule has 0 saturated heterocycles. The third kappa shape index (κ3) is 14.4. The summed E-state index contributed by atoms with van der Waals surface area (Å²) in [5, 5.41) is 0. The molecule has 0 amide bonds. The zero-order valence-corrected chi connectivity index (χ0v) is 18.9. The molecular weight excluding hydrogens is 366 g/mol. The average molecular weight is 400 g/mol. The summed E-state index contributed by atoms with van der Waals surface area (Å²) in [7, 11) is -4.20. The van der Waals surface area contributed by atoms with Crippen LogP contribution in [0.15, 0.2) is 46.6 Å². The fraction of sp³-hybridized carbons (Fsp3) is 0.600. The number of allylic oxidation sites excluding steroid dienone is 6. The molecule has 6 heteroatoms. The zero-order chi connectivity index (χ0) is 20.0. The van der Waals surface area contributed by atoms with Gasteiger partial charge in [-0.15, -0.1) is 0 Å². The van der Waals surface area contributed by atoms with Crippen LogP contribution in [0, 0.1) is 0 Å². The maximum atomic E-state index is 12.3. The van der Waals surface area contributed by atoms with E-state index in [-0.39, 0.29) is 13.2 Å². The smallest absolute Gasteiger partial charge is 0.296 e. The van der Waals surface area contributed by atoms with E-state index in [0.717, 1.165) is 36.8 Å². The Morgan fingerprint density at radius 1 is 0.769 bits per heavy atom. The van der Waals surface area contributed by atoms with Gasteiger partial charge in [0.2, 0.25) is 0 Å². The summed E-state index contributed by atoms with van der Waals surface area (Å²) in [5.74, 6) is 0. The lowest BCUT2D eigenvalue weighted by Gasteiger charge is -2.10. The molecule has 0 N–H and O–H groups in total. The molecule has 0 aromatic rings. The first-order chi connectivity index (χ1) is 12.2. The summed E-state index contributed by atoms with van der Waals surface area (Å²) < 4.78 is 34.0. The van der Waals surface area contributed by atoms with Crippen LogP contribution in [0.2, 0.25) is 0 Å². The van der Waals surface area contributed by atoms with Gasteiger partial charge in [0.15, 0.2) is 0 Å². The molecule has 0 aromatic carbocycles. The van der Waals surface area contributed by atoms with Crippen LogP contribution >= 0.6 is 15.4 Å². The summed E-state index contributed by atoms with van der Waals surface area (Å²) in [6.07, 6.45) is 11.8. The van der Waals surface area contributed by atoms with Gasteiger partial charge in [0.25, 0.3) is 8.15 Å². The van der Waals surface area contributed by atoms with E-state index in [1.807, 2.05) is 26.0 Å². The largest absolute Gasteiger partial charge is 0.420 e. The predicted molar refractivity (Wildman–Crippen MR) is 112 cm³/mol. The monoisotopic (exact) mass is 400 g/mol. The van der Waals surface area contributed by atoms with E-state index in [9.17, 15) is 9.13 Å². The molecule has 0 unspecified atom stereocenters. The van der Waals surface area contributed by atoms with Gasteiger partial charge in [-0.05, 0) is 67.2 Å². The van der Waals surface area contributed by atoms with Crippen LogP contribution in [0.4, 0.5) is 0 Å². The Bertz CT molecular complexity index is 547. The second-order valence-corrected chi connectivity index (χ2v) is 10.5. The van der Waals surface area contributed by atoms with E-state index in [0.29, 0.717) is 0 Å². The molecule has 0 aromatic heterocycles. The molecule has 0 bridgehead atoms. The van der Waals surface area contributed by atoms with E-state index >= 15 is 0 Å². The highest BCUT2D eigenvalue weighted by Crippen LogP contribution is 2.59. The molecule has 0 aliphatic rings. The number of rotatable bonds is 13. The molecule has 0 atom stereocenters. The van der Waals surface area contributed by atoms with Crippen molar-refractivity contribution in [1.82, 2.24) is 0 Å². The summed E-state index contributed by atoms with van der Waals surface area (Å²) in [6.45, 7) is 12.6. The number of hydrogen-bond acceptors (Lipinski definition) is 4. The van der Waals surface area contributed by atoms with E-state index in [2.05, 4.69) is 39.8 Å². The summed E-state index contributed by atoms with van der Waals surface area (Å²) in [5.41, 5.74) is 4.88. The van der Waals surface area contributed by atoms with Crippen molar-refractivity contribution < 1.29 is 18.2 Å². The zero-order valence-electron chi connectivity index (χ0n) is 17.1. The van der Waals surface area contributed by atoms with Crippen molar-refractivity contribution >= 4 is 15.4 Å². The fourth-order valence-electron chi connectivity index (χ4n) is 2.01. The lowest BCUT2D eigenvalue weighted by atomic mass is 10.1. The van der Waals surface area contributed by atoms with Gasteiger partial charge in [-0.1, -0.05) is 46.6 Å². The highest BCUT2D eigenvalue weighted by molar-refractivity contribution is 8.14. The average Bonchev–Trinajstić information content (AvgIpc) is 2.54. The molecule has 0 spiro atoms. The fourth-order valence-corrected chi connectivity index (χ4v) is 3.39. The van der Waals surface area contributed by atoms with Gasteiger partial charge in [-0.2, -0.15) is 0 Å². The molecule has 0 fully saturated rings. The normalized spacial score (nSPS) is 14.8. The second-order valence-electron chi connectivity index (χ2n) is 6.88. The Morgan fingerprint density at radius 2 is 1.15 bits per heavy atom. The lowest BCUT2D eigenvalue weighted by molar-refractivity contribution is 0.252. The molecular formula is C20H34O4P2. The Labute approximate surface area is 161 Å². The Hall–Kier alpha value is -0.790. The quantitative estimate of drug-likeness (QED) is 0.234. The van der Waals surface area contributed by atoms with Gasteiger partial charge < -0.3 is 0 Å². The van der Waals surface area contributed by atoms with Crippen molar-refractivity contribution in [2.24, 2.45) is 0 Å². The Balaban J connectivity index is 4.35. The van der Waals surface area contributed by atoms with Crippen LogP contribution in [0.3, 0.4) is 0 Å². The van der Waals surface area contributed by atoms with Crippen molar-refractivity contribution in [3.8, 4) is 0 Å². The minimum absolute atomic E-state index is 0.135. The SMILES string of the molecule is CC(C)=CCCC(C)=CCOP(=O)(OCC=C(C)CCC=C(C)C)P=O. The van der Waals surface area contributed by atoms with Crippen LogP contribution in [-0.4, -0.2) is 13.2 Å². The van der Waals surface area contributed by atoms with E-state index in [1.54, 1.807) is 0 Å². The molecule has 0 rings (SSSR count). The molecule has 148 valence electrons. The summed E-state index contributed by atoms with van der Waals surface area (Å²) >= 11 is 0. The summed E-state index contributed by atoms with van der Waals surface area (Å²) in [6, 6.07) is 0. The maximum absolute atomic E-state index is 12.3. The van der Waals surface area contributed by atoms with Gasteiger partial charge in [0.05, 0.1) is 13.2 Å². The van der Waals surface area contributed by atoms with Crippen LogP contribution in [0.1, 0.15) is 67.2 Å². The van der Waals surface area contributed by atoms with Gasteiger partial charge in [0, 0.05) is 0 Å². The van der Waals surface area contributed by atoms with Crippen molar-refractivity contribution in [2.75, 3.05) is 13.2 Å². The molecule has 0 heterocycles. The molecule has 0 aliphatic carbocycles. The topological polar surface area (TPSA) is 52.6 Å². The van der Waals surface area contributed by atoms with Crippen LogP contribution in [0.5, 0.6) is 0 Å². The summed E-state index contributed by atoms with van der Waals surface area (Å²) in [4.78, 5) is 0. The Morgan fingerprint density at radius 3 is 1.46 bits per heavy atom. The van der Waals surface area contributed by atoms with E-state index in [1.165, 1.54) is 11.1 Å². The van der Waals surface area contributed by atoms with Crippen molar-refractivity contribution in [3.63, 3.8) is 0 Å². The van der Waals surface area contributed by atoms with Crippen molar-refractivity contribution in [3.05, 3.63) is 46.6 Å². The van der Waals surface area contributed by atoms with Gasteiger partial charge in [0.1, 0.15) is 0 Å². The van der Waals surface area contributed by atoms with Crippen LogP contribution in [0.25, 0.3) is 0 Å². The highest BCUT2D eigenvalue weighted by Gasteiger charge is 2.24. The van der Waals surface area contributed by atoms with Crippen LogP contribution < -0.4 is 0 Å². The van der Waals surface area contributed by atoms with Gasteiger partial charge >= 0.3 is 7.28 Å². The molecule has 0 saturated carbocycles. The minimum atomic E-state index is -3.59. The van der Waals surface area contributed by atoms with Crippen molar-refractivity contribution in [1.29, 1.82) is 0 Å². The lowest BCUT2D eigenvalue weighted by Crippen LogP contribution is -1.93. The van der Waals surface area contributed by atoms with E-state index in [4.69, 9.17) is 9.05 Å². The highest BCUT2D eigenvalue weighted by atomic mass is 32.1. The third-order valence-corrected chi connectivity index (χ3v) is 6.07. The van der Waals surface area contributed by atoms with Crippen molar-refractivity contribution in [2.45, 2.75) is 67.2 Å². The number of hydrogen-bond donors (Lipinski definition) is 0. The minimum Gasteiger partial charge on any atom is -0.296 e. The Kier molecular flexibility index (Phi) is 13.9. The first-order valence-electron chi connectivity index (χ1n) is 9.00. The first-order valence-corrected chi connectivity index (χ1v) is 12.1. The molecule has 0 radical (unpaired) electrons. The predicted octanol–water partition coefficient (Wildman–Crippen LogP) is 7.80. The molecule has 4 nitrogen and oxygen atoms in total. The standard InChI is InChI=1S/C20H34O4P2/c1-17(2)9-7-11-19(5)13-15-23-26(22,25-21)24-16-14-20(6)12-8-10-18(3)4/h9-10,13-14H,7-8,11-12,15-16H2,1-6H3. The van der Waals surface area contributed by atoms with E-state index < -0.39 is 15.4 Å². The maximum Gasteiger partial charge on any atom is 0.420 e. The van der Waals surface area contributed by atoms with Gasteiger partial charge in [-0.25, -0.2) is 4.57 Å². The van der Waals surface area contributed by atoms with Gasteiger partial charge in [-0.3, -0.25) is 13.6 Å². The second kappa shape index (κ2) is 14.3. The van der Waals surface area contributed by atoms with Crippen LogP contribution in [-0.2, 0) is 18.2 Å². The third-order valence-electron chi connectivity index (χ3n) is 3.62. The first kappa shape index (κ1) is 25.2. The molecule has 0 aliphatic heterocycles.